The maximum absolute atomic E-state index is 9.42. The quantitative estimate of drug-likeness (QED) is 0.670. The van der Waals surface area contributed by atoms with Crippen LogP contribution in [0.4, 0.5) is 0 Å². The molecule has 2 heterocycles. The summed E-state index contributed by atoms with van der Waals surface area (Å²) < 4.78 is 5.30. The minimum atomic E-state index is 0.120. The highest BCUT2D eigenvalue weighted by molar-refractivity contribution is 6.28. The van der Waals surface area contributed by atoms with Crippen LogP contribution in [0.25, 0.3) is 22.4 Å². The highest BCUT2D eigenvalue weighted by atomic mass is 35.5. The zero-order chi connectivity index (χ0) is 11.8. The van der Waals surface area contributed by atoms with E-state index in [0.717, 1.165) is 5.39 Å². The predicted octanol–water partition coefficient (Wildman–Crippen LogP) is 3.25. The van der Waals surface area contributed by atoms with Gasteiger partial charge in [0.15, 0.2) is 5.76 Å². The average Bonchev–Trinajstić information content (AvgIpc) is 2.80. The third-order valence-electron chi connectivity index (χ3n) is 2.41. The van der Waals surface area contributed by atoms with E-state index in [9.17, 15) is 5.11 Å². The second kappa shape index (κ2) is 3.75. The van der Waals surface area contributed by atoms with Gasteiger partial charge in [-0.15, -0.1) is 0 Å². The van der Waals surface area contributed by atoms with Crippen molar-refractivity contribution in [2.75, 3.05) is 0 Å². The lowest BCUT2D eigenvalue weighted by Crippen LogP contribution is -1.90. The van der Waals surface area contributed by atoms with Gasteiger partial charge in [0.25, 0.3) is 0 Å². The van der Waals surface area contributed by atoms with Gasteiger partial charge in [0.2, 0.25) is 5.28 Å². The van der Waals surface area contributed by atoms with Gasteiger partial charge in [-0.3, -0.25) is 0 Å². The number of fused-ring (bicyclic) bond motifs is 1. The molecule has 3 rings (SSSR count). The SMILES string of the molecule is Oc1ccc2c(-c3ccco3)nc(Cl)nc2c1. The largest absolute Gasteiger partial charge is 0.508 e. The van der Waals surface area contributed by atoms with E-state index in [1.54, 1.807) is 30.5 Å². The van der Waals surface area contributed by atoms with Gasteiger partial charge in [-0.2, -0.15) is 0 Å². The van der Waals surface area contributed by atoms with Crippen LogP contribution in [0.3, 0.4) is 0 Å². The van der Waals surface area contributed by atoms with Crippen LogP contribution in [-0.4, -0.2) is 15.1 Å². The van der Waals surface area contributed by atoms with Crippen LogP contribution in [0.2, 0.25) is 5.28 Å². The van der Waals surface area contributed by atoms with Gasteiger partial charge in [0, 0.05) is 11.5 Å². The number of aromatic hydroxyl groups is 1. The van der Waals surface area contributed by atoms with Crippen molar-refractivity contribution < 1.29 is 9.52 Å². The standard InChI is InChI=1S/C12H7ClN2O2/c13-12-14-9-6-7(16)3-4-8(9)11(15-12)10-2-1-5-17-10/h1-6,16H. The number of aromatic nitrogens is 2. The summed E-state index contributed by atoms with van der Waals surface area (Å²) in [6, 6.07) is 8.42. The molecule has 0 radical (unpaired) electrons. The van der Waals surface area contributed by atoms with E-state index >= 15 is 0 Å². The molecular weight excluding hydrogens is 240 g/mol. The Balaban J connectivity index is 2.38. The molecule has 17 heavy (non-hydrogen) atoms. The second-order valence-corrected chi connectivity index (χ2v) is 3.86. The Morgan fingerprint density at radius 2 is 2.06 bits per heavy atom. The molecule has 0 aliphatic rings. The van der Waals surface area contributed by atoms with E-state index in [1.807, 2.05) is 0 Å². The van der Waals surface area contributed by atoms with Gasteiger partial charge in [-0.05, 0) is 35.9 Å². The monoisotopic (exact) mass is 246 g/mol. The predicted molar refractivity (Wildman–Crippen MR) is 63.9 cm³/mol. The molecular formula is C12H7ClN2O2. The first-order chi connectivity index (χ1) is 8.24. The zero-order valence-electron chi connectivity index (χ0n) is 8.59. The van der Waals surface area contributed by atoms with Gasteiger partial charge in [-0.1, -0.05) is 0 Å². The Kier molecular flexibility index (Phi) is 2.23. The van der Waals surface area contributed by atoms with E-state index in [-0.39, 0.29) is 11.0 Å². The number of hydrogen-bond acceptors (Lipinski definition) is 4. The molecule has 84 valence electrons. The van der Waals surface area contributed by atoms with Crippen molar-refractivity contribution in [2.24, 2.45) is 0 Å². The number of furan rings is 1. The molecule has 1 aromatic carbocycles. The maximum atomic E-state index is 9.42. The number of rotatable bonds is 1. The van der Waals surface area contributed by atoms with E-state index in [1.165, 1.54) is 6.07 Å². The Hall–Kier alpha value is -2.07. The molecule has 0 fully saturated rings. The van der Waals surface area contributed by atoms with Gasteiger partial charge >= 0.3 is 0 Å². The Bertz CT molecular complexity index is 675. The Morgan fingerprint density at radius 1 is 1.18 bits per heavy atom. The van der Waals surface area contributed by atoms with Crippen molar-refractivity contribution >= 4 is 22.5 Å². The van der Waals surface area contributed by atoms with Crippen LogP contribution in [0.15, 0.2) is 41.0 Å². The summed E-state index contributed by atoms with van der Waals surface area (Å²) >= 11 is 5.85. The summed E-state index contributed by atoms with van der Waals surface area (Å²) in [5.74, 6) is 0.752. The molecule has 0 bridgehead atoms. The number of hydrogen-bond donors (Lipinski definition) is 1. The van der Waals surface area contributed by atoms with Crippen molar-refractivity contribution in [3.05, 3.63) is 41.9 Å². The van der Waals surface area contributed by atoms with Crippen LogP contribution in [0, 0.1) is 0 Å². The van der Waals surface area contributed by atoms with E-state index in [4.69, 9.17) is 16.0 Å². The van der Waals surface area contributed by atoms with Crippen LogP contribution >= 0.6 is 11.6 Å². The number of phenols is 1. The lowest BCUT2D eigenvalue weighted by molar-refractivity contribution is 0.476. The third-order valence-corrected chi connectivity index (χ3v) is 2.58. The fourth-order valence-electron chi connectivity index (χ4n) is 1.69. The van der Waals surface area contributed by atoms with E-state index in [0.29, 0.717) is 17.0 Å². The fourth-order valence-corrected chi connectivity index (χ4v) is 1.87. The molecule has 5 heteroatoms. The summed E-state index contributed by atoms with van der Waals surface area (Å²) in [6.07, 6.45) is 1.57. The Morgan fingerprint density at radius 3 is 2.82 bits per heavy atom. The first kappa shape index (κ1) is 10.1. The molecule has 0 saturated carbocycles. The molecule has 0 saturated heterocycles. The smallest absolute Gasteiger partial charge is 0.223 e. The van der Waals surface area contributed by atoms with Gasteiger partial charge in [-0.25, -0.2) is 9.97 Å². The molecule has 0 aliphatic carbocycles. The van der Waals surface area contributed by atoms with Crippen LogP contribution in [-0.2, 0) is 0 Å². The average molecular weight is 247 g/mol. The van der Waals surface area contributed by atoms with Crippen LogP contribution in [0.1, 0.15) is 0 Å². The van der Waals surface area contributed by atoms with E-state index in [2.05, 4.69) is 9.97 Å². The van der Waals surface area contributed by atoms with Crippen molar-refractivity contribution in [1.82, 2.24) is 9.97 Å². The summed E-state index contributed by atoms with van der Waals surface area (Å²) in [7, 11) is 0. The van der Waals surface area contributed by atoms with Gasteiger partial charge < -0.3 is 9.52 Å². The molecule has 0 amide bonds. The highest BCUT2D eigenvalue weighted by Crippen LogP contribution is 2.29. The van der Waals surface area contributed by atoms with E-state index < -0.39 is 0 Å². The summed E-state index contributed by atoms with van der Waals surface area (Å²) in [4.78, 5) is 8.21. The van der Waals surface area contributed by atoms with Crippen molar-refractivity contribution in [2.45, 2.75) is 0 Å². The number of halogens is 1. The molecule has 0 aliphatic heterocycles. The molecule has 4 nitrogen and oxygen atoms in total. The molecule has 0 atom stereocenters. The highest BCUT2D eigenvalue weighted by Gasteiger charge is 2.11. The number of nitrogens with zero attached hydrogens (tertiary/aromatic N) is 2. The third kappa shape index (κ3) is 1.72. The summed E-state index contributed by atoms with van der Waals surface area (Å²) in [5.41, 5.74) is 1.20. The normalized spacial score (nSPS) is 10.9. The molecule has 1 N–H and O–H groups in total. The lowest BCUT2D eigenvalue weighted by atomic mass is 10.1. The summed E-state index contributed by atoms with van der Waals surface area (Å²) in [5, 5.41) is 10.3. The van der Waals surface area contributed by atoms with Crippen LogP contribution < -0.4 is 0 Å². The van der Waals surface area contributed by atoms with Crippen LogP contribution in [0.5, 0.6) is 5.75 Å². The van der Waals surface area contributed by atoms with Gasteiger partial charge in [0.1, 0.15) is 11.4 Å². The summed E-state index contributed by atoms with van der Waals surface area (Å²) in [6.45, 7) is 0. The van der Waals surface area contributed by atoms with Crippen molar-refractivity contribution in [3.8, 4) is 17.2 Å². The number of benzene rings is 1. The molecule has 0 spiro atoms. The second-order valence-electron chi connectivity index (χ2n) is 3.52. The molecule has 3 aromatic rings. The maximum Gasteiger partial charge on any atom is 0.223 e. The first-order valence-corrected chi connectivity index (χ1v) is 5.32. The van der Waals surface area contributed by atoms with Crippen molar-refractivity contribution in [1.29, 1.82) is 0 Å². The zero-order valence-corrected chi connectivity index (χ0v) is 9.35. The van der Waals surface area contributed by atoms with Gasteiger partial charge in [0.05, 0.1) is 11.8 Å². The van der Waals surface area contributed by atoms with Crippen molar-refractivity contribution in [3.63, 3.8) is 0 Å². The fraction of sp³-hybridized carbons (Fsp3) is 0. The first-order valence-electron chi connectivity index (χ1n) is 4.94. The lowest BCUT2D eigenvalue weighted by Gasteiger charge is -2.03. The Labute approximate surface area is 102 Å². The molecule has 2 aromatic heterocycles. The number of phenolic OH excluding ortho intramolecular Hbond substituents is 1. The topological polar surface area (TPSA) is 59.2 Å². The molecule has 0 unspecified atom stereocenters. The minimum Gasteiger partial charge on any atom is -0.508 e. The minimum absolute atomic E-state index is 0.120.